The first kappa shape index (κ1) is 8.69. The van der Waals surface area contributed by atoms with Crippen LogP contribution in [0.4, 0.5) is 10.1 Å². The van der Waals surface area contributed by atoms with Gasteiger partial charge in [-0.3, -0.25) is 4.98 Å². The molecule has 0 fully saturated rings. The van der Waals surface area contributed by atoms with Crippen LogP contribution in [0.5, 0.6) is 0 Å². The van der Waals surface area contributed by atoms with Crippen LogP contribution < -0.4 is 5.73 Å². The Hall–Kier alpha value is -1.90. The van der Waals surface area contributed by atoms with Gasteiger partial charge in [0.15, 0.2) is 0 Å². The lowest BCUT2D eigenvalue weighted by Gasteiger charge is -2.01. The Morgan fingerprint density at radius 1 is 1.14 bits per heavy atom. The average Bonchev–Trinajstić information content (AvgIpc) is 2.23. The van der Waals surface area contributed by atoms with Crippen molar-refractivity contribution >= 4 is 5.69 Å². The smallest absolute Gasteiger partial charge is 0.146 e. The van der Waals surface area contributed by atoms with Crippen LogP contribution in [-0.2, 0) is 0 Å². The van der Waals surface area contributed by atoms with Crippen molar-refractivity contribution in [3.05, 3.63) is 48.4 Å². The summed E-state index contributed by atoms with van der Waals surface area (Å²) in [6.45, 7) is 0. The standard InChI is InChI=1S/C11H9FN2/c12-9-5-4-8(7-10(9)13)11-3-1-2-6-14-11/h1-7H,13H2. The molecule has 1 heterocycles. The molecule has 2 aromatic rings. The summed E-state index contributed by atoms with van der Waals surface area (Å²) in [4.78, 5) is 4.14. The molecule has 0 aliphatic rings. The molecule has 0 aliphatic carbocycles. The predicted octanol–water partition coefficient (Wildman–Crippen LogP) is 2.47. The summed E-state index contributed by atoms with van der Waals surface area (Å²) in [6.07, 6.45) is 1.69. The Labute approximate surface area is 81.2 Å². The van der Waals surface area contributed by atoms with Gasteiger partial charge < -0.3 is 5.73 Å². The molecule has 2 nitrogen and oxygen atoms in total. The number of aromatic nitrogens is 1. The number of pyridine rings is 1. The molecule has 70 valence electrons. The van der Waals surface area contributed by atoms with Crippen LogP contribution in [0.1, 0.15) is 0 Å². The van der Waals surface area contributed by atoms with Crippen molar-refractivity contribution in [2.75, 3.05) is 5.73 Å². The van der Waals surface area contributed by atoms with Crippen LogP contribution in [0.15, 0.2) is 42.6 Å². The Morgan fingerprint density at radius 2 is 2.00 bits per heavy atom. The van der Waals surface area contributed by atoms with Gasteiger partial charge in [0.05, 0.1) is 11.4 Å². The summed E-state index contributed by atoms with van der Waals surface area (Å²) in [5.41, 5.74) is 7.22. The fourth-order valence-electron chi connectivity index (χ4n) is 1.24. The van der Waals surface area contributed by atoms with E-state index in [2.05, 4.69) is 4.98 Å². The van der Waals surface area contributed by atoms with Crippen LogP contribution in [0.3, 0.4) is 0 Å². The van der Waals surface area contributed by atoms with Gasteiger partial charge in [-0.15, -0.1) is 0 Å². The van der Waals surface area contributed by atoms with E-state index in [1.54, 1.807) is 18.3 Å². The Kier molecular flexibility index (Phi) is 2.14. The largest absolute Gasteiger partial charge is 0.396 e. The van der Waals surface area contributed by atoms with Gasteiger partial charge in [-0.05, 0) is 30.3 Å². The zero-order chi connectivity index (χ0) is 9.97. The predicted molar refractivity (Wildman–Crippen MR) is 54.0 cm³/mol. The first-order chi connectivity index (χ1) is 6.77. The SMILES string of the molecule is Nc1cc(-c2ccccn2)ccc1F. The van der Waals surface area contributed by atoms with Gasteiger partial charge in [0.25, 0.3) is 0 Å². The van der Waals surface area contributed by atoms with Crippen molar-refractivity contribution in [2.24, 2.45) is 0 Å². The average molecular weight is 188 g/mol. The van der Waals surface area contributed by atoms with Gasteiger partial charge in [-0.25, -0.2) is 4.39 Å². The zero-order valence-electron chi connectivity index (χ0n) is 7.44. The van der Waals surface area contributed by atoms with Gasteiger partial charge in [0, 0.05) is 11.8 Å². The lowest BCUT2D eigenvalue weighted by Crippen LogP contribution is -1.91. The molecule has 0 aliphatic heterocycles. The molecule has 0 unspecified atom stereocenters. The Balaban J connectivity index is 2.48. The first-order valence-corrected chi connectivity index (χ1v) is 4.24. The summed E-state index contributed by atoms with van der Waals surface area (Å²) in [7, 11) is 0. The van der Waals surface area contributed by atoms with E-state index < -0.39 is 5.82 Å². The number of hydrogen-bond donors (Lipinski definition) is 1. The molecule has 0 amide bonds. The van der Waals surface area contributed by atoms with Crippen molar-refractivity contribution < 1.29 is 4.39 Å². The molecule has 0 saturated carbocycles. The van der Waals surface area contributed by atoms with E-state index in [1.165, 1.54) is 6.07 Å². The zero-order valence-corrected chi connectivity index (χ0v) is 7.44. The highest BCUT2D eigenvalue weighted by molar-refractivity contribution is 5.63. The summed E-state index contributed by atoms with van der Waals surface area (Å²) >= 11 is 0. The Morgan fingerprint density at radius 3 is 2.64 bits per heavy atom. The number of nitrogens with two attached hydrogens (primary N) is 1. The maximum absolute atomic E-state index is 12.9. The molecule has 1 aromatic carbocycles. The molecule has 0 spiro atoms. The molecule has 14 heavy (non-hydrogen) atoms. The molecular formula is C11H9FN2. The molecule has 0 radical (unpaired) electrons. The molecule has 0 bridgehead atoms. The van der Waals surface area contributed by atoms with E-state index in [9.17, 15) is 4.39 Å². The van der Waals surface area contributed by atoms with Gasteiger partial charge >= 0.3 is 0 Å². The third-order valence-corrected chi connectivity index (χ3v) is 1.96. The molecule has 1 aromatic heterocycles. The van der Waals surface area contributed by atoms with Crippen LogP contribution in [-0.4, -0.2) is 4.98 Å². The second kappa shape index (κ2) is 3.46. The summed E-state index contributed by atoms with van der Waals surface area (Å²) in [5, 5.41) is 0. The van der Waals surface area contributed by atoms with E-state index in [0.717, 1.165) is 11.3 Å². The monoisotopic (exact) mass is 188 g/mol. The van der Waals surface area contributed by atoms with Crippen molar-refractivity contribution in [3.63, 3.8) is 0 Å². The fourth-order valence-corrected chi connectivity index (χ4v) is 1.24. The van der Waals surface area contributed by atoms with E-state index in [4.69, 9.17) is 5.73 Å². The number of rotatable bonds is 1. The number of benzene rings is 1. The highest BCUT2D eigenvalue weighted by Gasteiger charge is 2.01. The van der Waals surface area contributed by atoms with Crippen molar-refractivity contribution in [3.8, 4) is 11.3 Å². The van der Waals surface area contributed by atoms with Crippen molar-refractivity contribution in [2.45, 2.75) is 0 Å². The van der Waals surface area contributed by atoms with Gasteiger partial charge in [-0.1, -0.05) is 6.07 Å². The molecular weight excluding hydrogens is 179 g/mol. The van der Waals surface area contributed by atoms with Crippen LogP contribution in [0, 0.1) is 5.82 Å². The maximum Gasteiger partial charge on any atom is 0.146 e. The topological polar surface area (TPSA) is 38.9 Å². The van der Waals surface area contributed by atoms with Crippen molar-refractivity contribution in [1.82, 2.24) is 4.98 Å². The molecule has 3 heteroatoms. The van der Waals surface area contributed by atoms with E-state index in [0.29, 0.717) is 0 Å². The summed E-state index contributed by atoms with van der Waals surface area (Å²) < 4.78 is 12.9. The van der Waals surface area contributed by atoms with E-state index >= 15 is 0 Å². The quantitative estimate of drug-likeness (QED) is 0.698. The minimum atomic E-state index is -0.398. The van der Waals surface area contributed by atoms with Crippen LogP contribution in [0.2, 0.25) is 0 Å². The number of anilines is 1. The third-order valence-electron chi connectivity index (χ3n) is 1.96. The lowest BCUT2D eigenvalue weighted by molar-refractivity contribution is 0.632. The second-order valence-corrected chi connectivity index (χ2v) is 2.95. The first-order valence-electron chi connectivity index (χ1n) is 4.24. The Bertz CT molecular complexity index is 440. The minimum Gasteiger partial charge on any atom is -0.396 e. The highest BCUT2D eigenvalue weighted by Crippen LogP contribution is 2.20. The summed E-state index contributed by atoms with van der Waals surface area (Å²) in [5.74, 6) is -0.398. The van der Waals surface area contributed by atoms with Gasteiger partial charge in [-0.2, -0.15) is 0 Å². The van der Waals surface area contributed by atoms with Gasteiger partial charge in [0.1, 0.15) is 5.82 Å². The summed E-state index contributed by atoms with van der Waals surface area (Å²) in [6, 6.07) is 10.1. The highest BCUT2D eigenvalue weighted by atomic mass is 19.1. The lowest BCUT2D eigenvalue weighted by atomic mass is 10.1. The maximum atomic E-state index is 12.9. The van der Waals surface area contributed by atoms with E-state index in [-0.39, 0.29) is 5.69 Å². The van der Waals surface area contributed by atoms with Crippen molar-refractivity contribution in [1.29, 1.82) is 0 Å². The van der Waals surface area contributed by atoms with E-state index in [1.807, 2.05) is 18.2 Å². The molecule has 0 atom stereocenters. The fraction of sp³-hybridized carbons (Fsp3) is 0. The third kappa shape index (κ3) is 1.57. The molecule has 2 N–H and O–H groups in total. The number of nitrogen functional groups attached to an aromatic ring is 1. The second-order valence-electron chi connectivity index (χ2n) is 2.95. The van der Waals surface area contributed by atoms with Crippen LogP contribution in [0.25, 0.3) is 11.3 Å². The molecule has 0 saturated heterocycles. The number of halogens is 1. The number of hydrogen-bond acceptors (Lipinski definition) is 2. The number of nitrogens with zero attached hydrogens (tertiary/aromatic N) is 1. The minimum absolute atomic E-state index is 0.146. The van der Waals surface area contributed by atoms with Gasteiger partial charge in [0.2, 0.25) is 0 Å². The molecule has 2 rings (SSSR count). The van der Waals surface area contributed by atoms with Crippen LogP contribution >= 0.6 is 0 Å². The normalized spacial score (nSPS) is 10.1.